The second-order valence-corrected chi connectivity index (χ2v) is 4.72. The highest BCUT2D eigenvalue weighted by Crippen LogP contribution is 2.24. The van der Waals surface area contributed by atoms with Crippen molar-refractivity contribution in [3.05, 3.63) is 35.6 Å². The molecule has 2 aromatic rings. The van der Waals surface area contributed by atoms with Crippen LogP contribution in [0.5, 0.6) is 0 Å². The zero-order valence-corrected chi connectivity index (χ0v) is 13.0. The summed E-state index contributed by atoms with van der Waals surface area (Å²) >= 11 is 0. The molecule has 1 heterocycles. The van der Waals surface area contributed by atoms with Crippen molar-refractivity contribution in [1.82, 2.24) is 5.32 Å². The van der Waals surface area contributed by atoms with Crippen molar-refractivity contribution in [3.8, 4) is 0 Å². The van der Waals surface area contributed by atoms with E-state index in [0.29, 0.717) is 13.1 Å². The van der Waals surface area contributed by atoms with E-state index < -0.39 is 0 Å². The van der Waals surface area contributed by atoms with Crippen molar-refractivity contribution in [2.45, 2.75) is 26.0 Å². The van der Waals surface area contributed by atoms with Crippen LogP contribution in [0.1, 0.15) is 17.7 Å². The number of nitrogens with two attached hydrogens (primary N) is 1. The summed E-state index contributed by atoms with van der Waals surface area (Å²) in [7, 11) is 1.55. The van der Waals surface area contributed by atoms with E-state index in [1.807, 2.05) is 31.2 Å². The summed E-state index contributed by atoms with van der Waals surface area (Å²) in [6.45, 7) is 2.69. The van der Waals surface area contributed by atoms with Crippen LogP contribution in [0.3, 0.4) is 0 Å². The van der Waals surface area contributed by atoms with Crippen molar-refractivity contribution in [2.75, 3.05) is 13.7 Å². The highest BCUT2D eigenvalue weighted by molar-refractivity contribution is 5.85. The van der Waals surface area contributed by atoms with Gasteiger partial charge in [0.05, 0.1) is 19.1 Å². The monoisotopic (exact) mass is 312 g/mol. The third kappa shape index (κ3) is 4.20. The number of carbonyl (C=O) groups is 1. The van der Waals surface area contributed by atoms with Gasteiger partial charge in [-0.25, -0.2) is 0 Å². The predicted octanol–water partition coefficient (Wildman–Crippen LogP) is 2.14. The molecule has 5 nitrogen and oxygen atoms in total. The molecule has 0 saturated heterocycles. The number of ether oxygens (including phenoxy) is 1. The Morgan fingerprint density at radius 2 is 2.14 bits per heavy atom. The average molecular weight is 313 g/mol. The highest BCUT2D eigenvalue weighted by atomic mass is 35.5. The summed E-state index contributed by atoms with van der Waals surface area (Å²) in [5.74, 6) is 0.684. The molecule has 1 aromatic carbocycles. The molecule has 0 aliphatic carbocycles. The third-order valence-corrected chi connectivity index (χ3v) is 3.40. The Hall–Kier alpha value is -1.56. The van der Waals surface area contributed by atoms with E-state index in [1.54, 1.807) is 7.11 Å². The number of para-hydroxylation sites is 1. The Kier molecular flexibility index (Phi) is 6.68. The molecular formula is C15H21ClN2O3. The molecular weight excluding hydrogens is 292 g/mol. The zero-order chi connectivity index (χ0) is 14.5. The minimum atomic E-state index is -0.244. The lowest BCUT2D eigenvalue weighted by Gasteiger charge is -2.12. The Balaban J connectivity index is 0.00000220. The van der Waals surface area contributed by atoms with Crippen LogP contribution in [0.4, 0.5) is 0 Å². The number of carbonyl (C=O) groups excluding carboxylic acids is 1. The molecule has 0 fully saturated rings. The van der Waals surface area contributed by atoms with Crippen molar-refractivity contribution in [3.63, 3.8) is 0 Å². The molecule has 116 valence electrons. The van der Waals surface area contributed by atoms with Crippen LogP contribution in [-0.2, 0) is 16.1 Å². The van der Waals surface area contributed by atoms with Gasteiger partial charge in [0, 0.05) is 24.6 Å². The van der Waals surface area contributed by atoms with Crippen molar-refractivity contribution < 1.29 is 13.9 Å². The minimum Gasteiger partial charge on any atom is -0.459 e. The van der Waals surface area contributed by atoms with Gasteiger partial charge in [0.2, 0.25) is 5.91 Å². The van der Waals surface area contributed by atoms with Crippen LogP contribution in [0.15, 0.2) is 28.7 Å². The van der Waals surface area contributed by atoms with E-state index >= 15 is 0 Å². The van der Waals surface area contributed by atoms with Gasteiger partial charge >= 0.3 is 0 Å². The molecule has 3 N–H and O–H groups in total. The molecule has 21 heavy (non-hydrogen) atoms. The Morgan fingerprint density at radius 3 is 2.76 bits per heavy atom. The topological polar surface area (TPSA) is 77.5 Å². The Labute approximate surface area is 130 Å². The van der Waals surface area contributed by atoms with Crippen molar-refractivity contribution >= 4 is 29.3 Å². The summed E-state index contributed by atoms with van der Waals surface area (Å²) in [5, 5.41) is 3.91. The number of aryl methyl sites for hydroxylation is 1. The molecule has 1 unspecified atom stereocenters. The first-order valence-corrected chi connectivity index (χ1v) is 6.62. The molecule has 0 radical (unpaired) electrons. The van der Waals surface area contributed by atoms with E-state index in [2.05, 4.69) is 5.32 Å². The molecule has 0 aliphatic rings. The Morgan fingerprint density at radius 1 is 1.43 bits per heavy atom. The summed E-state index contributed by atoms with van der Waals surface area (Å²) in [6, 6.07) is 7.83. The largest absolute Gasteiger partial charge is 0.459 e. The number of fused-ring (bicyclic) bond motifs is 1. The van der Waals surface area contributed by atoms with Gasteiger partial charge in [-0.05, 0) is 13.0 Å². The van der Waals surface area contributed by atoms with E-state index in [0.717, 1.165) is 22.3 Å². The molecule has 0 bridgehead atoms. The molecule has 6 heteroatoms. The number of hydrogen-bond acceptors (Lipinski definition) is 4. The van der Waals surface area contributed by atoms with Crippen LogP contribution in [0, 0.1) is 6.92 Å². The van der Waals surface area contributed by atoms with Crippen molar-refractivity contribution in [2.24, 2.45) is 5.73 Å². The van der Waals surface area contributed by atoms with Gasteiger partial charge in [0.15, 0.2) is 0 Å². The molecule has 1 atom stereocenters. The lowest BCUT2D eigenvalue weighted by Crippen LogP contribution is -2.31. The van der Waals surface area contributed by atoms with E-state index in [-0.39, 0.29) is 30.8 Å². The highest BCUT2D eigenvalue weighted by Gasteiger charge is 2.14. The lowest BCUT2D eigenvalue weighted by atomic mass is 10.1. The summed E-state index contributed by atoms with van der Waals surface area (Å²) < 4.78 is 10.8. The number of methoxy groups -OCH3 is 1. The van der Waals surface area contributed by atoms with Gasteiger partial charge in [-0.2, -0.15) is 0 Å². The first-order valence-electron chi connectivity index (χ1n) is 6.62. The average Bonchev–Trinajstić information content (AvgIpc) is 2.79. The summed E-state index contributed by atoms with van der Waals surface area (Å²) in [5.41, 5.74) is 7.39. The molecule has 0 saturated carbocycles. The summed E-state index contributed by atoms with van der Waals surface area (Å²) in [4.78, 5) is 11.8. The number of nitrogens with one attached hydrogen (secondary N) is 1. The van der Waals surface area contributed by atoms with Gasteiger partial charge in [-0.3, -0.25) is 4.79 Å². The van der Waals surface area contributed by atoms with Gasteiger partial charge in [0.1, 0.15) is 11.3 Å². The lowest BCUT2D eigenvalue weighted by molar-refractivity contribution is -0.123. The number of rotatable bonds is 6. The fourth-order valence-corrected chi connectivity index (χ4v) is 2.11. The zero-order valence-electron chi connectivity index (χ0n) is 12.2. The van der Waals surface area contributed by atoms with Gasteiger partial charge in [0.25, 0.3) is 0 Å². The number of hydrogen-bond donors (Lipinski definition) is 2. The van der Waals surface area contributed by atoms with Gasteiger partial charge in [-0.15, -0.1) is 12.4 Å². The van der Waals surface area contributed by atoms with Crippen LogP contribution in [0.2, 0.25) is 0 Å². The van der Waals surface area contributed by atoms with Crippen LogP contribution in [0.25, 0.3) is 11.0 Å². The number of benzene rings is 1. The minimum absolute atomic E-state index is 0. The summed E-state index contributed by atoms with van der Waals surface area (Å²) in [6.07, 6.45) is 0.0125. The second-order valence-electron chi connectivity index (χ2n) is 4.72. The van der Waals surface area contributed by atoms with Crippen LogP contribution in [-0.4, -0.2) is 25.7 Å². The maximum Gasteiger partial charge on any atom is 0.223 e. The number of furan rings is 1. The van der Waals surface area contributed by atoms with Crippen molar-refractivity contribution in [1.29, 1.82) is 0 Å². The van der Waals surface area contributed by atoms with Crippen LogP contribution >= 0.6 is 12.4 Å². The van der Waals surface area contributed by atoms with E-state index in [9.17, 15) is 4.79 Å². The van der Waals surface area contributed by atoms with Crippen LogP contribution < -0.4 is 11.1 Å². The SMILES string of the molecule is COC(CN)CC(=O)NCc1oc2ccccc2c1C.Cl. The predicted molar refractivity (Wildman–Crippen MR) is 84.5 cm³/mol. The molecule has 1 aromatic heterocycles. The standard InChI is InChI=1S/C15H20N2O3.ClH/c1-10-12-5-3-4-6-13(12)20-14(10)9-17-15(18)7-11(8-16)19-2;/h3-6,11H,7-9,16H2,1-2H3,(H,17,18);1H. The first kappa shape index (κ1) is 17.5. The third-order valence-electron chi connectivity index (χ3n) is 3.40. The Bertz CT molecular complexity index is 594. The van der Waals surface area contributed by atoms with E-state index in [1.165, 1.54) is 0 Å². The molecule has 0 spiro atoms. The van der Waals surface area contributed by atoms with Gasteiger partial charge in [-0.1, -0.05) is 18.2 Å². The molecule has 1 amide bonds. The van der Waals surface area contributed by atoms with E-state index in [4.69, 9.17) is 14.9 Å². The maximum absolute atomic E-state index is 11.8. The molecule has 2 rings (SSSR count). The smallest absolute Gasteiger partial charge is 0.223 e. The quantitative estimate of drug-likeness (QED) is 0.856. The number of halogens is 1. The maximum atomic E-state index is 11.8. The fraction of sp³-hybridized carbons (Fsp3) is 0.400. The fourth-order valence-electron chi connectivity index (χ4n) is 2.11. The van der Waals surface area contributed by atoms with Gasteiger partial charge < -0.3 is 20.2 Å². The first-order chi connectivity index (χ1) is 9.65. The molecule has 0 aliphatic heterocycles. The normalized spacial score (nSPS) is 12.0. The second kappa shape index (κ2) is 8.02. The number of amides is 1.